The largest absolute Gasteiger partial charge is 0.465 e. The molecule has 0 aliphatic heterocycles. The Balaban J connectivity index is 2.19. The standard InChI is InChI=1S/C16H13BrO3/c1-20-16(19)13-9-7-12(8-10-13)15(18)14(17)11-5-3-2-4-6-11/h2-10,14H,1H3/t14-/m1/s1. The Morgan fingerprint density at radius 1 is 0.950 bits per heavy atom. The Kier molecular flexibility index (Phi) is 4.69. The Hall–Kier alpha value is -1.94. The van der Waals surface area contributed by atoms with Crippen LogP contribution in [0.25, 0.3) is 0 Å². The lowest BCUT2D eigenvalue weighted by molar-refractivity contribution is 0.0600. The molecule has 4 heteroatoms. The van der Waals surface area contributed by atoms with E-state index in [9.17, 15) is 9.59 Å². The van der Waals surface area contributed by atoms with E-state index in [1.54, 1.807) is 24.3 Å². The summed E-state index contributed by atoms with van der Waals surface area (Å²) in [6, 6.07) is 15.9. The lowest BCUT2D eigenvalue weighted by Gasteiger charge is -2.09. The molecule has 0 aromatic heterocycles. The van der Waals surface area contributed by atoms with Crippen LogP contribution in [0.2, 0.25) is 0 Å². The zero-order valence-corrected chi connectivity index (χ0v) is 12.5. The fourth-order valence-electron chi connectivity index (χ4n) is 1.81. The fraction of sp³-hybridized carbons (Fsp3) is 0.125. The van der Waals surface area contributed by atoms with Gasteiger partial charge in [0.1, 0.15) is 4.83 Å². The van der Waals surface area contributed by atoms with Gasteiger partial charge in [0.05, 0.1) is 12.7 Å². The van der Waals surface area contributed by atoms with Crippen LogP contribution in [0.1, 0.15) is 31.1 Å². The van der Waals surface area contributed by atoms with E-state index in [0.29, 0.717) is 11.1 Å². The van der Waals surface area contributed by atoms with Gasteiger partial charge in [0, 0.05) is 5.56 Å². The zero-order chi connectivity index (χ0) is 14.5. The van der Waals surface area contributed by atoms with Crippen molar-refractivity contribution in [1.82, 2.24) is 0 Å². The molecule has 0 spiro atoms. The highest BCUT2D eigenvalue weighted by Gasteiger charge is 2.19. The predicted octanol–water partition coefficient (Wildman–Crippen LogP) is 3.79. The summed E-state index contributed by atoms with van der Waals surface area (Å²) < 4.78 is 4.62. The first-order valence-electron chi connectivity index (χ1n) is 6.05. The second kappa shape index (κ2) is 6.48. The van der Waals surface area contributed by atoms with Crippen molar-refractivity contribution in [1.29, 1.82) is 0 Å². The first kappa shape index (κ1) is 14.5. The van der Waals surface area contributed by atoms with Crippen LogP contribution in [-0.2, 0) is 4.74 Å². The number of hydrogen-bond acceptors (Lipinski definition) is 3. The van der Waals surface area contributed by atoms with Crippen LogP contribution < -0.4 is 0 Å². The molecule has 2 rings (SSSR count). The third-order valence-corrected chi connectivity index (χ3v) is 3.86. The Morgan fingerprint density at radius 2 is 1.50 bits per heavy atom. The van der Waals surface area contributed by atoms with E-state index in [-0.39, 0.29) is 5.78 Å². The lowest BCUT2D eigenvalue weighted by atomic mass is 10.0. The van der Waals surface area contributed by atoms with E-state index in [4.69, 9.17) is 0 Å². The maximum absolute atomic E-state index is 12.3. The minimum absolute atomic E-state index is 0.0485. The number of carbonyl (C=O) groups is 2. The van der Waals surface area contributed by atoms with Crippen molar-refractivity contribution in [2.75, 3.05) is 7.11 Å². The van der Waals surface area contributed by atoms with Crippen LogP contribution >= 0.6 is 15.9 Å². The molecule has 0 fully saturated rings. The number of ether oxygens (including phenoxy) is 1. The summed E-state index contributed by atoms with van der Waals surface area (Å²) >= 11 is 3.41. The molecule has 0 saturated heterocycles. The average Bonchev–Trinajstić information content (AvgIpc) is 2.53. The van der Waals surface area contributed by atoms with Crippen molar-refractivity contribution in [3.8, 4) is 0 Å². The van der Waals surface area contributed by atoms with Crippen molar-refractivity contribution in [3.63, 3.8) is 0 Å². The summed E-state index contributed by atoms with van der Waals surface area (Å²) in [5, 5.41) is 0. The number of alkyl halides is 1. The number of methoxy groups -OCH3 is 1. The van der Waals surface area contributed by atoms with Gasteiger partial charge >= 0.3 is 5.97 Å². The number of halogens is 1. The monoisotopic (exact) mass is 332 g/mol. The topological polar surface area (TPSA) is 43.4 Å². The number of benzene rings is 2. The molecule has 3 nitrogen and oxygen atoms in total. The number of rotatable bonds is 4. The molecular formula is C16H13BrO3. The number of esters is 1. The van der Waals surface area contributed by atoms with Gasteiger partial charge in [0.25, 0.3) is 0 Å². The normalized spacial score (nSPS) is 11.7. The summed E-state index contributed by atoms with van der Waals surface area (Å²) in [5.41, 5.74) is 1.87. The van der Waals surface area contributed by atoms with Gasteiger partial charge in [-0.1, -0.05) is 58.4 Å². The lowest BCUT2D eigenvalue weighted by Crippen LogP contribution is -2.08. The van der Waals surface area contributed by atoms with Crippen LogP contribution in [0.5, 0.6) is 0 Å². The third-order valence-electron chi connectivity index (χ3n) is 2.91. The Labute approximate surface area is 125 Å². The molecule has 0 aliphatic carbocycles. The predicted molar refractivity (Wildman–Crippen MR) is 80.2 cm³/mol. The Bertz CT molecular complexity index is 605. The molecule has 0 saturated carbocycles. The SMILES string of the molecule is COC(=O)c1ccc(C(=O)[C@H](Br)c2ccccc2)cc1. The smallest absolute Gasteiger partial charge is 0.337 e. The van der Waals surface area contributed by atoms with Gasteiger partial charge in [-0.3, -0.25) is 4.79 Å². The van der Waals surface area contributed by atoms with E-state index < -0.39 is 10.8 Å². The van der Waals surface area contributed by atoms with Crippen LogP contribution in [0.3, 0.4) is 0 Å². The van der Waals surface area contributed by atoms with E-state index in [0.717, 1.165) is 5.56 Å². The number of carbonyl (C=O) groups excluding carboxylic acids is 2. The first-order valence-corrected chi connectivity index (χ1v) is 6.96. The van der Waals surface area contributed by atoms with Gasteiger partial charge in [0.2, 0.25) is 0 Å². The first-order chi connectivity index (χ1) is 9.63. The molecule has 20 heavy (non-hydrogen) atoms. The van der Waals surface area contributed by atoms with Crippen molar-refractivity contribution >= 4 is 27.7 Å². The summed E-state index contributed by atoms with van der Waals surface area (Å²) in [6.07, 6.45) is 0. The minimum Gasteiger partial charge on any atom is -0.465 e. The fourth-order valence-corrected chi connectivity index (χ4v) is 2.38. The van der Waals surface area contributed by atoms with Crippen molar-refractivity contribution in [3.05, 3.63) is 71.3 Å². The minimum atomic E-state index is -0.414. The summed E-state index contributed by atoms with van der Waals surface area (Å²) in [4.78, 5) is 23.3. The summed E-state index contributed by atoms with van der Waals surface area (Å²) in [7, 11) is 1.32. The van der Waals surface area contributed by atoms with Gasteiger partial charge in [-0.05, 0) is 17.7 Å². The molecule has 0 bridgehead atoms. The molecule has 2 aromatic rings. The maximum Gasteiger partial charge on any atom is 0.337 e. The summed E-state index contributed by atoms with van der Waals surface area (Å²) in [6.45, 7) is 0. The summed E-state index contributed by atoms with van der Waals surface area (Å²) in [5.74, 6) is -0.463. The van der Waals surface area contributed by atoms with Crippen molar-refractivity contribution in [2.45, 2.75) is 4.83 Å². The highest BCUT2D eigenvalue weighted by atomic mass is 79.9. The van der Waals surface area contributed by atoms with E-state index in [1.807, 2.05) is 30.3 Å². The molecule has 102 valence electrons. The second-order valence-corrected chi connectivity index (χ2v) is 5.12. The molecular weight excluding hydrogens is 320 g/mol. The highest BCUT2D eigenvalue weighted by Crippen LogP contribution is 2.26. The second-order valence-electron chi connectivity index (χ2n) is 4.21. The molecule has 2 aromatic carbocycles. The van der Waals surface area contributed by atoms with Crippen LogP contribution in [0, 0.1) is 0 Å². The average molecular weight is 333 g/mol. The van der Waals surface area contributed by atoms with Gasteiger partial charge in [-0.15, -0.1) is 0 Å². The van der Waals surface area contributed by atoms with E-state index >= 15 is 0 Å². The number of Topliss-reactive ketones (excluding diaryl/α,β-unsaturated/α-hetero) is 1. The van der Waals surface area contributed by atoms with Gasteiger partial charge < -0.3 is 4.74 Å². The molecule has 0 unspecified atom stereocenters. The molecule has 0 amide bonds. The molecule has 0 aliphatic rings. The van der Waals surface area contributed by atoms with E-state index in [2.05, 4.69) is 20.7 Å². The highest BCUT2D eigenvalue weighted by molar-refractivity contribution is 9.09. The van der Waals surface area contributed by atoms with Gasteiger partial charge in [-0.2, -0.15) is 0 Å². The Morgan fingerprint density at radius 3 is 2.05 bits per heavy atom. The molecule has 0 radical (unpaired) electrons. The quantitative estimate of drug-likeness (QED) is 0.486. The third kappa shape index (κ3) is 3.14. The molecule has 0 heterocycles. The van der Waals surface area contributed by atoms with Gasteiger partial charge in [-0.25, -0.2) is 4.79 Å². The van der Waals surface area contributed by atoms with Crippen LogP contribution in [0.4, 0.5) is 0 Å². The number of ketones is 1. The van der Waals surface area contributed by atoms with Crippen LogP contribution in [0.15, 0.2) is 54.6 Å². The molecule has 0 N–H and O–H groups in total. The van der Waals surface area contributed by atoms with Crippen molar-refractivity contribution < 1.29 is 14.3 Å². The maximum atomic E-state index is 12.3. The van der Waals surface area contributed by atoms with E-state index in [1.165, 1.54) is 7.11 Å². The van der Waals surface area contributed by atoms with Crippen LogP contribution in [-0.4, -0.2) is 18.9 Å². The number of hydrogen-bond donors (Lipinski definition) is 0. The van der Waals surface area contributed by atoms with Crippen molar-refractivity contribution in [2.24, 2.45) is 0 Å². The zero-order valence-electron chi connectivity index (χ0n) is 10.9. The van der Waals surface area contributed by atoms with Gasteiger partial charge in [0.15, 0.2) is 5.78 Å². The molecule has 1 atom stereocenters.